The second-order valence-electron chi connectivity index (χ2n) is 6.13. The first-order chi connectivity index (χ1) is 12.5. The second kappa shape index (κ2) is 7.96. The SMILES string of the molecule is Cc1nnc(COC(=O)c2ccc(S(=O)(=O)N3CCCCCC3)cc2)o1. The summed E-state index contributed by atoms with van der Waals surface area (Å²) in [6.45, 7) is 2.58. The van der Waals surface area contributed by atoms with Crippen molar-refractivity contribution in [1.82, 2.24) is 14.5 Å². The quantitative estimate of drug-likeness (QED) is 0.734. The number of sulfonamides is 1. The molecule has 0 unspecified atom stereocenters. The van der Waals surface area contributed by atoms with Crippen LogP contribution in [0.5, 0.6) is 0 Å². The molecule has 1 aromatic carbocycles. The van der Waals surface area contributed by atoms with Crippen molar-refractivity contribution in [2.75, 3.05) is 13.1 Å². The standard InChI is InChI=1S/C17H21N3O5S/c1-13-18-19-16(25-13)12-24-17(21)14-6-8-15(9-7-14)26(22,23)20-10-4-2-3-5-11-20/h6-9H,2-5,10-12H2,1H3. The smallest absolute Gasteiger partial charge is 0.338 e. The van der Waals surface area contributed by atoms with E-state index < -0.39 is 16.0 Å². The number of nitrogens with zero attached hydrogens (tertiary/aromatic N) is 3. The number of aromatic nitrogens is 2. The van der Waals surface area contributed by atoms with Crippen molar-refractivity contribution in [3.8, 4) is 0 Å². The number of esters is 1. The number of carbonyl (C=O) groups is 1. The molecule has 8 nitrogen and oxygen atoms in total. The van der Waals surface area contributed by atoms with E-state index in [4.69, 9.17) is 9.15 Å². The van der Waals surface area contributed by atoms with E-state index in [-0.39, 0.29) is 23.0 Å². The second-order valence-corrected chi connectivity index (χ2v) is 8.07. The lowest BCUT2D eigenvalue weighted by Crippen LogP contribution is -2.31. The van der Waals surface area contributed by atoms with Crippen molar-refractivity contribution in [3.05, 3.63) is 41.6 Å². The Bertz CT molecular complexity index is 853. The van der Waals surface area contributed by atoms with Crippen LogP contribution in [-0.4, -0.2) is 42.0 Å². The summed E-state index contributed by atoms with van der Waals surface area (Å²) in [6.07, 6.45) is 3.85. The van der Waals surface area contributed by atoms with E-state index in [0.29, 0.717) is 19.0 Å². The predicted octanol–water partition coefficient (Wildman–Crippen LogP) is 2.30. The van der Waals surface area contributed by atoms with Crippen LogP contribution in [0.4, 0.5) is 0 Å². The fraction of sp³-hybridized carbons (Fsp3) is 0.471. The number of aryl methyl sites for hydroxylation is 1. The molecule has 1 aliphatic rings. The highest BCUT2D eigenvalue weighted by Gasteiger charge is 2.25. The number of rotatable bonds is 5. The molecule has 1 aromatic heterocycles. The maximum absolute atomic E-state index is 12.7. The first-order valence-corrected chi connectivity index (χ1v) is 9.97. The Kier molecular flexibility index (Phi) is 5.67. The lowest BCUT2D eigenvalue weighted by atomic mass is 10.2. The van der Waals surface area contributed by atoms with Crippen molar-refractivity contribution in [3.63, 3.8) is 0 Å². The van der Waals surface area contributed by atoms with Crippen LogP contribution in [0.1, 0.15) is 47.8 Å². The van der Waals surface area contributed by atoms with E-state index in [2.05, 4.69) is 10.2 Å². The van der Waals surface area contributed by atoms with Crippen molar-refractivity contribution in [2.45, 2.75) is 44.1 Å². The molecule has 3 rings (SSSR count). The lowest BCUT2D eigenvalue weighted by molar-refractivity contribution is 0.0436. The molecule has 26 heavy (non-hydrogen) atoms. The minimum Gasteiger partial charge on any atom is -0.452 e. The third-order valence-electron chi connectivity index (χ3n) is 4.19. The monoisotopic (exact) mass is 379 g/mol. The fourth-order valence-corrected chi connectivity index (χ4v) is 4.32. The van der Waals surface area contributed by atoms with Gasteiger partial charge in [-0.05, 0) is 37.1 Å². The maximum Gasteiger partial charge on any atom is 0.338 e. The summed E-state index contributed by atoms with van der Waals surface area (Å²) >= 11 is 0. The molecule has 1 saturated heterocycles. The van der Waals surface area contributed by atoms with Gasteiger partial charge in [0.15, 0.2) is 6.61 Å². The summed E-state index contributed by atoms with van der Waals surface area (Å²) in [7, 11) is -3.53. The number of hydrogen-bond donors (Lipinski definition) is 0. The van der Waals surface area contributed by atoms with Gasteiger partial charge in [0.05, 0.1) is 10.5 Å². The summed E-state index contributed by atoms with van der Waals surface area (Å²) < 4.78 is 37.2. The van der Waals surface area contributed by atoms with Crippen LogP contribution >= 0.6 is 0 Å². The van der Waals surface area contributed by atoms with E-state index in [1.54, 1.807) is 6.92 Å². The molecule has 0 radical (unpaired) electrons. The fourth-order valence-electron chi connectivity index (χ4n) is 2.80. The zero-order chi connectivity index (χ0) is 18.6. The van der Waals surface area contributed by atoms with Gasteiger partial charge in [0.25, 0.3) is 5.89 Å². The van der Waals surface area contributed by atoms with Crippen LogP contribution in [0.15, 0.2) is 33.6 Å². The van der Waals surface area contributed by atoms with E-state index in [1.807, 2.05) is 0 Å². The molecule has 0 N–H and O–H groups in total. The van der Waals surface area contributed by atoms with Gasteiger partial charge in [0.2, 0.25) is 15.9 Å². The van der Waals surface area contributed by atoms with Gasteiger partial charge in [-0.15, -0.1) is 10.2 Å². The van der Waals surface area contributed by atoms with Crippen molar-refractivity contribution >= 4 is 16.0 Å². The third-order valence-corrected chi connectivity index (χ3v) is 6.10. The normalized spacial score (nSPS) is 16.2. The van der Waals surface area contributed by atoms with Gasteiger partial charge in [-0.1, -0.05) is 12.8 Å². The highest BCUT2D eigenvalue weighted by Crippen LogP contribution is 2.21. The molecule has 1 aliphatic heterocycles. The highest BCUT2D eigenvalue weighted by molar-refractivity contribution is 7.89. The average Bonchev–Trinajstić information content (AvgIpc) is 2.87. The van der Waals surface area contributed by atoms with Gasteiger partial charge < -0.3 is 9.15 Å². The maximum atomic E-state index is 12.7. The van der Waals surface area contributed by atoms with E-state index in [0.717, 1.165) is 25.7 Å². The van der Waals surface area contributed by atoms with Crippen LogP contribution in [0.3, 0.4) is 0 Å². The summed E-state index contributed by atoms with van der Waals surface area (Å²) in [5, 5.41) is 7.39. The minimum absolute atomic E-state index is 0.131. The molecule has 0 saturated carbocycles. The molecule has 0 bridgehead atoms. The van der Waals surface area contributed by atoms with Crippen molar-refractivity contribution in [1.29, 1.82) is 0 Å². The molecule has 0 spiro atoms. The predicted molar refractivity (Wildman–Crippen MR) is 91.8 cm³/mol. The summed E-state index contributed by atoms with van der Waals surface area (Å²) in [5.41, 5.74) is 0.260. The topological polar surface area (TPSA) is 103 Å². The number of ether oxygens (including phenoxy) is 1. The first-order valence-electron chi connectivity index (χ1n) is 8.53. The average molecular weight is 379 g/mol. The Morgan fingerprint density at radius 1 is 1.12 bits per heavy atom. The van der Waals surface area contributed by atoms with Crippen LogP contribution in [0, 0.1) is 6.92 Å². The molecular formula is C17H21N3O5S. The minimum atomic E-state index is -3.53. The van der Waals surface area contributed by atoms with Gasteiger partial charge >= 0.3 is 5.97 Å². The largest absolute Gasteiger partial charge is 0.452 e. The molecule has 140 valence electrons. The van der Waals surface area contributed by atoms with Gasteiger partial charge in [-0.2, -0.15) is 4.31 Å². The van der Waals surface area contributed by atoms with Crippen LogP contribution in [-0.2, 0) is 21.4 Å². The van der Waals surface area contributed by atoms with Crippen LogP contribution in [0.2, 0.25) is 0 Å². The Balaban J connectivity index is 1.66. The molecule has 0 amide bonds. The van der Waals surface area contributed by atoms with Crippen molar-refractivity contribution in [2.24, 2.45) is 0 Å². The van der Waals surface area contributed by atoms with Gasteiger partial charge in [-0.25, -0.2) is 13.2 Å². The summed E-state index contributed by atoms with van der Waals surface area (Å²) in [5.74, 6) is 0.00917. The zero-order valence-electron chi connectivity index (χ0n) is 14.6. The van der Waals surface area contributed by atoms with Crippen molar-refractivity contribution < 1.29 is 22.4 Å². The van der Waals surface area contributed by atoms with E-state index in [9.17, 15) is 13.2 Å². The van der Waals surface area contributed by atoms with Crippen LogP contribution in [0.25, 0.3) is 0 Å². The molecule has 0 aliphatic carbocycles. The number of benzene rings is 1. The first kappa shape index (κ1) is 18.5. The lowest BCUT2D eigenvalue weighted by Gasteiger charge is -2.19. The van der Waals surface area contributed by atoms with Gasteiger partial charge in [0.1, 0.15) is 0 Å². The number of hydrogen-bond acceptors (Lipinski definition) is 7. The highest BCUT2D eigenvalue weighted by atomic mass is 32.2. The molecule has 2 heterocycles. The van der Waals surface area contributed by atoms with Gasteiger partial charge in [-0.3, -0.25) is 0 Å². The van der Waals surface area contributed by atoms with E-state index >= 15 is 0 Å². The zero-order valence-corrected chi connectivity index (χ0v) is 15.4. The molecular weight excluding hydrogens is 358 g/mol. The van der Waals surface area contributed by atoms with Gasteiger partial charge in [0, 0.05) is 20.0 Å². The molecule has 0 atom stereocenters. The molecule has 2 aromatic rings. The number of carbonyl (C=O) groups excluding carboxylic acids is 1. The summed E-state index contributed by atoms with van der Waals surface area (Å²) in [4.78, 5) is 12.2. The Morgan fingerprint density at radius 3 is 2.35 bits per heavy atom. The third kappa shape index (κ3) is 4.28. The Morgan fingerprint density at radius 2 is 1.77 bits per heavy atom. The Hall–Kier alpha value is -2.26. The molecule has 1 fully saturated rings. The van der Waals surface area contributed by atoms with Crippen LogP contribution < -0.4 is 0 Å². The Labute approximate surface area is 152 Å². The summed E-state index contributed by atoms with van der Waals surface area (Å²) in [6, 6.07) is 5.78. The van der Waals surface area contributed by atoms with E-state index in [1.165, 1.54) is 28.6 Å². The molecule has 9 heteroatoms.